The molecular weight excluding hydrogens is 283 g/mol. The van der Waals surface area contributed by atoms with Crippen molar-refractivity contribution in [3.05, 3.63) is 39.2 Å². The van der Waals surface area contributed by atoms with E-state index in [4.69, 9.17) is 5.11 Å². The molecule has 0 radical (unpaired) electrons. The highest BCUT2D eigenvalue weighted by Gasteiger charge is 2.36. The number of nitrogens with zero attached hydrogens (tertiary/aromatic N) is 1. The zero-order valence-corrected chi connectivity index (χ0v) is 11.1. The summed E-state index contributed by atoms with van der Waals surface area (Å²) in [5.41, 5.74) is -0.735. The molecule has 1 aliphatic carbocycles. The van der Waals surface area contributed by atoms with Crippen molar-refractivity contribution in [2.24, 2.45) is 5.92 Å². The standard InChI is InChI=1S/C13H13FN2O5/c1-6-2-8(14)5-10(11(6)16(20)21)12(17)15-9-3-7(4-9)13(18)19/h2,5,7,9H,3-4H2,1H3,(H,15,17)(H,18,19). The molecule has 1 saturated carbocycles. The average Bonchev–Trinajstić information content (AvgIpc) is 2.30. The molecule has 1 amide bonds. The van der Waals surface area contributed by atoms with Gasteiger partial charge in [-0.3, -0.25) is 19.7 Å². The van der Waals surface area contributed by atoms with Gasteiger partial charge in [-0.1, -0.05) is 0 Å². The molecule has 0 bridgehead atoms. The number of hydrogen-bond acceptors (Lipinski definition) is 4. The van der Waals surface area contributed by atoms with Crippen molar-refractivity contribution < 1.29 is 24.0 Å². The van der Waals surface area contributed by atoms with Gasteiger partial charge < -0.3 is 10.4 Å². The van der Waals surface area contributed by atoms with Crippen LogP contribution in [0.1, 0.15) is 28.8 Å². The van der Waals surface area contributed by atoms with Gasteiger partial charge in [0.05, 0.1) is 10.8 Å². The maximum Gasteiger partial charge on any atom is 0.306 e. The molecule has 0 spiro atoms. The third kappa shape index (κ3) is 2.99. The van der Waals surface area contributed by atoms with Gasteiger partial charge in [0.25, 0.3) is 11.6 Å². The van der Waals surface area contributed by atoms with Crippen molar-refractivity contribution in [3.63, 3.8) is 0 Å². The first kappa shape index (κ1) is 14.9. The minimum Gasteiger partial charge on any atom is -0.481 e. The van der Waals surface area contributed by atoms with Crippen LogP contribution in [0.3, 0.4) is 0 Å². The number of carbonyl (C=O) groups excluding carboxylic acids is 1. The van der Waals surface area contributed by atoms with Gasteiger partial charge in [0.1, 0.15) is 11.4 Å². The molecule has 112 valence electrons. The van der Waals surface area contributed by atoms with E-state index >= 15 is 0 Å². The Morgan fingerprint density at radius 1 is 1.43 bits per heavy atom. The van der Waals surface area contributed by atoms with Crippen LogP contribution < -0.4 is 5.32 Å². The summed E-state index contributed by atoms with van der Waals surface area (Å²) in [6.07, 6.45) is 0.534. The molecule has 8 heteroatoms. The Balaban J connectivity index is 2.16. The second-order valence-electron chi connectivity index (χ2n) is 5.05. The predicted molar refractivity (Wildman–Crippen MR) is 69.4 cm³/mol. The summed E-state index contributed by atoms with van der Waals surface area (Å²) in [4.78, 5) is 33.0. The highest BCUT2D eigenvalue weighted by Crippen LogP contribution is 2.29. The molecular formula is C13H13FN2O5. The first-order valence-electron chi connectivity index (χ1n) is 6.27. The van der Waals surface area contributed by atoms with Crippen LogP contribution in [0.25, 0.3) is 0 Å². The van der Waals surface area contributed by atoms with Crippen LogP contribution in [0.15, 0.2) is 12.1 Å². The smallest absolute Gasteiger partial charge is 0.306 e. The van der Waals surface area contributed by atoms with Gasteiger partial charge in [-0.15, -0.1) is 0 Å². The molecule has 1 aliphatic rings. The van der Waals surface area contributed by atoms with E-state index in [9.17, 15) is 24.1 Å². The van der Waals surface area contributed by atoms with Gasteiger partial charge >= 0.3 is 5.97 Å². The summed E-state index contributed by atoms with van der Waals surface area (Å²) in [5, 5.41) is 22.2. The van der Waals surface area contributed by atoms with Crippen molar-refractivity contribution in [1.82, 2.24) is 5.32 Å². The fourth-order valence-corrected chi connectivity index (χ4v) is 2.35. The van der Waals surface area contributed by atoms with Crippen LogP contribution in [0.2, 0.25) is 0 Å². The van der Waals surface area contributed by atoms with Crippen LogP contribution in [0, 0.1) is 28.8 Å². The lowest BCUT2D eigenvalue weighted by Crippen LogP contribution is -2.46. The number of amides is 1. The molecule has 0 saturated heterocycles. The number of nitrogens with one attached hydrogen (secondary N) is 1. The normalized spacial score (nSPS) is 20.5. The third-order valence-electron chi connectivity index (χ3n) is 3.51. The summed E-state index contributed by atoms with van der Waals surface area (Å²) in [5.74, 6) is -2.95. The Hall–Kier alpha value is -2.51. The lowest BCUT2D eigenvalue weighted by molar-refractivity contribution is -0.385. The first-order valence-corrected chi connectivity index (χ1v) is 6.27. The van der Waals surface area contributed by atoms with Crippen LogP contribution in [-0.2, 0) is 4.79 Å². The van der Waals surface area contributed by atoms with E-state index in [-0.39, 0.29) is 30.0 Å². The summed E-state index contributed by atoms with van der Waals surface area (Å²) >= 11 is 0. The fourth-order valence-electron chi connectivity index (χ4n) is 2.35. The second kappa shape index (κ2) is 5.47. The monoisotopic (exact) mass is 296 g/mol. The molecule has 7 nitrogen and oxygen atoms in total. The number of carbonyl (C=O) groups is 2. The quantitative estimate of drug-likeness (QED) is 0.648. The van der Waals surface area contributed by atoms with Crippen molar-refractivity contribution in [1.29, 1.82) is 0 Å². The predicted octanol–water partition coefficient (Wildman–Crippen LogP) is 1.64. The number of aliphatic carboxylic acids is 1. The molecule has 0 aromatic heterocycles. The lowest BCUT2D eigenvalue weighted by atomic mass is 9.80. The zero-order valence-electron chi connectivity index (χ0n) is 11.1. The number of carboxylic acids is 1. The second-order valence-corrected chi connectivity index (χ2v) is 5.05. The summed E-state index contributed by atoms with van der Waals surface area (Å²) in [7, 11) is 0. The van der Waals surface area contributed by atoms with Crippen LogP contribution >= 0.6 is 0 Å². The highest BCUT2D eigenvalue weighted by atomic mass is 19.1. The van der Waals surface area contributed by atoms with Gasteiger partial charge in [-0.05, 0) is 31.9 Å². The van der Waals surface area contributed by atoms with Gasteiger partial charge in [-0.25, -0.2) is 4.39 Å². The Kier molecular flexibility index (Phi) is 3.88. The van der Waals surface area contributed by atoms with Crippen LogP contribution in [0.5, 0.6) is 0 Å². The molecule has 1 aromatic rings. The van der Waals surface area contributed by atoms with Gasteiger partial charge in [0, 0.05) is 11.6 Å². The maximum atomic E-state index is 13.4. The molecule has 2 N–H and O–H groups in total. The van der Waals surface area contributed by atoms with E-state index in [1.54, 1.807) is 0 Å². The van der Waals surface area contributed by atoms with Crippen molar-refractivity contribution in [2.45, 2.75) is 25.8 Å². The SMILES string of the molecule is Cc1cc(F)cc(C(=O)NC2CC(C(=O)O)C2)c1[N+](=O)[O-]. The molecule has 0 atom stereocenters. The number of carboxylic acid groups (broad SMARTS) is 1. The minimum absolute atomic E-state index is 0.0576. The summed E-state index contributed by atoms with van der Waals surface area (Å²) < 4.78 is 13.4. The Bertz CT molecular complexity index is 625. The molecule has 0 heterocycles. The molecule has 1 aromatic carbocycles. The summed E-state index contributed by atoms with van der Waals surface area (Å²) in [6, 6.07) is 1.44. The van der Waals surface area contributed by atoms with Crippen molar-refractivity contribution in [3.8, 4) is 0 Å². The number of rotatable bonds is 4. The number of hydrogen-bond donors (Lipinski definition) is 2. The molecule has 2 rings (SSSR count). The van der Waals surface area contributed by atoms with E-state index in [0.717, 1.165) is 12.1 Å². The van der Waals surface area contributed by atoms with Crippen molar-refractivity contribution in [2.75, 3.05) is 0 Å². The third-order valence-corrected chi connectivity index (χ3v) is 3.51. The van der Waals surface area contributed by atoms with E-state index in [1.807, 2.05) is 0 Å². The maximum absolute atomic E-state index is 13.4. The van der Waals surface area contributed by atoms with E-state index < -0.39 is 34.2 Å². The fraction of sp³-hybridized carbons (Fsp3) is 0.385. The molecule has 0 unspecified atom stereocenters. The molecule has 21 heavy (non-hydrogen) atoms. The van der Waals surface area contributed by atoms with Crippen molar-refractivity contribution >= 4 is 17.6 Å². The largest absolute Gasteiger partial charge is 0.481 e. The topological polar surface area (TPSA) is 110 Å². The Morgan fingerprint density at radius 3 is 2.57 bits per heavy atom. The highest BCUT2D eigenvalue weighted by molar-refractivity contribution is 5.99. The summed E-state index contributed by atoms with van der Waals surface area (Å²) in [6.45, 7) is 1.35. The van der Waals surface area contributed by atoms with Crippen LogP contribution in [0.4, 0.5) is 10.1 Å². The number of halogens is 1. The average molecular weight is 296 g/mol. The van der Waals surface area contributed by atoms with E-state index in [1.165, 1.54) is 6.92 Å². The number of nitro benzene ring substituents is 1. The first-order chi connectivity index (χ1) is 9.79. The molecule has 1 fully saturated rings. The molecule has 0 aliphatic heterocycles. The van der Waals surface area contributed by atoms with Gasteiger partial charge in [0.2, 0.25) is 0 Å². The number of aryl methyl sites for hydroxylation is 1. The zero-order chi connectivity index (χ0) is 15.7. The lowest BCUT2D eigenvalue weighted by Gasteiger charge is -2.32. The minimum atomic E-state index is -0.937. The Labute approximate surface area is 118 Å². The van der Waals surface area contributed by atoms with Crippen LogP contribution in [-0.4, -0.2) is 27.9 Å². The Morgan fingerprint density at radius 2 is 2.05 bits per heavy atom. The van der Waals surface area contributed by atoms with Gasteiger partial charge in [0.15, 0.2) is 0 Å². The van der Waals surface area contributed by atoms with E-state index in [2.05, 4.69) is 5.32 Å². The van der Waals surface area contributed by atoms with Gasteiger partial charge in [-0.2, -0.15) is 0 Å². The number of benzene rings is 1. The van der Waals surface area contributed by atoms with E-state index in [0.29, 0.717) is 0 Å². The number of nitro groups is 1.